The molecule has 0 saturated carbocycles. The van der Waals surface area contributed by atoms with Crippen LogP contribution in [0.15, 0.2) is 81.5 Å². The highest BCUT2D eigenvalue weighted by Crippen LogP contribution is 2.30. The Morgan fingerprint density at radius 2 is 1.56 bits per heavy atom. The van der Waals surface area contributed by atoms with Gasteiger partial charge in [-0.25, -0.2) is 9.80 Å². The molecular formula is C26H27BrClN5O3. The van der Waals surface area contributed by atoms with Gasteiger partial charge >= 0.3 is 6.09 Å². The maximum Gasteiger partial charge on any atom is 0.412 e. The predicted octanol–water partition coefficient (Wildman–Crippen LogP) is 7.86. The second-order valence-electron chi connectivity index (χ2n) is 8.89. The van der Waals surface area contributed by atoms with Gasteiger partial charge in [-0.2, -0.15) is 0 Å². The van der Waals surface area contributed by atoms with Gasteiger partial charge in [0, 0.05) is 40.5 Å². The standard InChI is InChI=1S/C26H27BrClN5O3/c1-26(2,3)36-25(35)29-19-10-15-23(22(27)16-19)30-31-33(5)21-11-6-17(7-12-21)24(34)32(4)20-13-8-18(28)9-14-20/h6-16H,1-5H3,(H,29,35)/b31-30+. The van der Waals surface area contributed by atoms with Crippen LogP contribution in [-0.2, 0) is 4.74 Å². The van der Waals surface area contributed by atoms with Crippen molar-refractivity contribution >= 4 is 62.3 Å². The van der Waals surface area contributed by atoms with Gasteiger partial charge in [-0.1, -0.05) is 16.8 Å². The monoisotopic (exact) mass is 571 g/mol. The number of anilines is 3. The van der Waals surface area contributed by atoms with Crippen LogP contribution >= 0.6 is 27.5 Å². The number of carbonyl (C=O) groups is 2. The fraction of sp³-hybridized carbons (Fsp3) is 0.231. The van der Waals surface area contributed by atoms with Crippen LogP contribution in [0.1, 0.15) is 31.1 Å². The van der Waals surface area contributed by atoms with Crippen LogP contribution in [0, 0.1) is 0 Å². The summed E-state index contributed by atoms with van der Waals surface area (Å²) >= 11 is 9.38. The summed E-state index contributed by atoms with van der Waals surface area (Å²) < 4.78 is 5.91. The van der Waals surface area contributed by atoms with E-state index in [1.807, 2.05) is 0 Å². The summed E-state index contributed by atoms with van der Waals surface area (Å²) in [5.41, 5.74) is 2.59. The van der Waals surface area contributed by atoms with Gasteiger partial charge in [-0.15, -0.1) is 5.11 Å². The number of carbonyl (C=O) groups excluding carboxylic acids is 2. The largest absolute Gasteiger partial charge is 0.444 e. The number of halogens is 2. The number of hydrogen-bond donors (Lipinski definition) is 1. The van der Waals surface area contributed by atoms with Crippen molar-refractivity contribution in [2.24, 2.45) is 10.3 Å². The second-order valence-corrected chi connectivity index (χ2v) is 10.2. The Balaban J connectivity index is 1.63. The molecule has 0 heterocycles. The summed E-state index contributed by atoms with van der Waals surface area (Å²) in [6, 6.07) is 19.3. The Morgan fingerprint density at radius 1 is 0.944 bits per heavy atom. The van der Waals surface area contributed by atoms with E-state index in [1.165, 1.54) is 0 Å². The molecule has 188 valence electrons. The van der Waals surface area contributed by atoms with Gasteiger partial charge in [0.2, 0.25) is 0 Å². The van der Waals surface area contributed by atoms with Crippen molar-refractivity contribution < 1.29 is 14.3 Å². The molecule has 0 bridgehead atoms. The van der Waals surface area contributed by atoms with Gasteiger partial charge in [0.15, 0.2) is 0 Å². The van der Waals surface area contributed by atoms with E-state index in [4.69, 9.17) is 16.3 Å². The van der Waals surface area contributed by atoms with E-state index in [0.717, 1.165) is 11.4 Å². The Labute approximate surface area is 224 Å². The molecule has 0 radical (unpaired) electrons. The first-order chi connectivity index (χ1) is 16.9. The number of nitrogens with zero attached hydrogens (tertiary/aromatic N) is 4. The van der Waals surface area contributed by atoms with E-state index < -0.39 is 11.7 Å². The molecule has 8 nitrogen and oxygen atoms in total. The van der Waals surface area contributed by atoms with Gasteiger partial charge in [0.25, 0.3) is 5.91 Å². The van der Waals surface area contributed by atoms with Crippen molar-refractivity contribution in [1.82, 2.24) is 0 Å². The zero-order chi connectivity index (χ0) is 26.5. The minimum absolute atomic E-state index is 0.142. The van der Waals surface area contributed by atoms with E-state index in [9.17, 15) is 9.59 Å². The molecule has 0 fully saturated rings. The number of nitrogens with one attached hydrogen (secondary N) is 1. The fourth-order valence-electron chi connectivity index (χ4n) is 3.05. The molecule has 0 spiro atoms. The Morgan fingerprint density at radius 3 is 2.14 bits per heavy atom. The van der Waals surface area contributed by atoms with Crippen molar-refractivity contribution in [3.63, 3.8) is 0 Å². The molecule has 36 heavy (non-hydrogen) atoms. The molecule has 3 aromatic carbocycles. The topological polar surface area (TPSA) is 86.6 Å². The number of hydrogen-bond acceptors (Lipinski definition) is 5. The lowest BCUT2D eigenvalue weighted by atomic mass is 10.1. The summed E-state index contributed by atoms with van der Waals surface area (Å²) in [5, 5.41) is 13.4. The molecule has 3 aromatic rings. The van der Waals surface area contributed by atoms with Crippen molar-refractivity contribution in [1.29, 1.82) is 0 Å². The molecular weight excluding hydrogens is 546 g/mol. The first-order valence-electron chi connectivity index (χ1n) is 11.0. The average Bonchev–Trinajstić information content (AvgIpc) is 2.82. The number of benzene rings is 3. The number of ether oxygens (including phenoxy) is 1. The van der Waals surface area contributed by atoms with Crippen LogP contribution < -0.4 is 15.2 Å². The highest BCUT2D eigenvalue weighted by Gasteiger charge is 2.17. The molecule has 1 N–H and O–H groups in total. The average molecular weight is 573 g/mol. The number of rotatable bonds is 6. The quantitative estimate of drug-likeness (QED) is 0.241. The normalized spacial score (nSPS) is 11.3. The van der Waals surface area contributed by atoms with Gasteiger partial charge in [-0.05, 0) is 103 Å². The summed E-state index contributed by atoms with van der Waals surface area (Å²) in [4.78, 5) is 26.3. The maximum absolute atomic E-state index is 12.8. The molecule has 3 rings (SSSR count). The first-order valence-corrected chi connectivity index (χ1v) is 12.2. The van der Waals surface area contributed by atoms with Crippen LogP contribution in [0.25, 0.3) is 0 Å². The smallest absolute Gasteiger partial charge is 0.412 e. The van der Waals surface area contributed by atoms with Gasteiger partial charge < -0.3 is 9.64 Å². The summed E-state index contributed by atoms with van der Waals surface area (Å²) in [6.45, 7) is 5.40. The van der Waals surface area contributed by atoms with E-state index in [1.54, 1.807) is 112 Å². The molecule has 2 amide bonds. The first kappa shape index (κ1) is 27.2. The molecule has 0 aliphatic rings. The summed E-state index contributed by atoms with van der Waals surface area (Å²) in [6.07, 6.45) is -0.537. The van der Waals surface area contributed by atoms with Gasteiger partial charge in [-0.3, -0.25) is 10.1 Å². The molecule has 10 heteroatoms. The zero-order valence-electron chi connectivity index (χ0n) is 20.6. The third kappa shape index (κ3) is 7.53. The zero-order valence-corrected chi connectivity index (χ0v) is 23.0. The van der Waals surface area contributed by atoms with E-state index >= 15 is 0 Å². The third-order valence-electron chi connectivity index (χ3n) is 4.89. The highest BCUT2D eigenvalue weighted by molar-refractivity contribution is 9.10. The summed E-state index contributed by atoms with van der Waals surface area (Å²) in [7, 11) is 3.47. The lowest BCUT2D eigenvalue weighted by molar-refractivity contribution is 0.0635. The molecule has 0 saturated heterocycles. The second kappa shape index (κ2) is 11.5. The molecule has 0 unspecified atom stereocenters. The lowest BCUT2D eigenvalue weighted by Gasteiger charge is -2.19. The third-order valence-corrected chi connectivity index (χ3v) is 5.77. The number of amides is 2. The van der Waals surface area contributed by atoms with E-state index in [0.29, 0.717) is 26.4 Å². The summed E-state index contributed by atoms with van der Waals surface area (Å²) in [5.74, 6) is -0.142. The maximum atomic E-state index is 12.8. The van der Waals surface area contributed by atoms with Gasteiger partial charge in [0.1, 0.15) is 11.3 Å². The van der Waals surface area contributed by atoms with E-state index in [2.05, 4.69) is 31.6 Å². The van der Waals surface area contributed by atoms with Crippen molar-refractivity contribution in [3.05, 3.63) is 81.8 Å². The lowest BCUT2D eigenvalue weighted by Crippen LogP contribution is -2.27. The van der Waals surface area contributed by atoms with Crippen molar-refractivity contribution in [2.75, 3.05) is 29.3 Å². The van der Waals surface area contributed by atoms with E-state index in [-0.39, 0.29) is 5.91 Å². The fourth-order valence-corrected chi connectivity index (χ4v) is 3.63. The molecule has 0 aliphatic heterocycles. The Hall–Kier alpha value is -3.43. The van der Waals surface area contributed by atoms with Crippen LogP contribution in [-0.4, -0.2) is 31.7 Å². The molecule has 0 aromatic heterocycles. The molecule has 0 aliphatic carbocycles. The van der Waals surface area contributed by atoms with Crippen molar-refractivity contribution in [3.8, 4) is 0 Å². The minimum Gasteiger partial charge on any atom is -0.444 e. The molecule has 0 atom stereocenters. The van der Waals surface area contributed by atoms with Crippen LogP contribution in [0.2, 0.25) is 5.02 Å². The predicted molar refractivity (Wildman–Crippen MR) is 148 cm³/mol. The van der Waals surface area contributed by atoms with Gasteiger partial charge in [0.05, 0.1) is 5.69 Å². The minimum atomic E-state index is -0.585. The van der Waals surface area contributed by atoms with Crippen molar-refractivity contribution in [2.45, 2.75) is 26.4 Å². The van der Waals surface area contributed by atoms with Crippen LogP contribution in [0.4, 0.5) is 27.5 Å². The Kier molecular flexibility index (Phi) is 8.70. The SMILES string of the molecule is CN(/N=N/c1ccc(NC(=O)OC(C)(C)C)cc1Br)c1ccc(C(=O)N(C)c2ccc(Cl)cc2)cc1. The Bertz CT molecular complexity index is 1260. The van der Waals surface area contributed by atoms with Crippen LogP contribution in [0.3, 0.4) is 0 Å². The highest BCUT2D eigenvalue weighted by atomic mass is 79.9. The van der Waals surface area contributed by atoms with Crippen LogP contribution in [0.5, 0.6) is 0 Å².